The van der Waals surface area contributed by atoms with E-state index in [0.717, 1.165) is 0 Å². The van der Waals surface area contributed by atoms with Crippen LogP contribution in [0, 0.1) is 0 Å². The van der Waals surface area contributed by atoms with Crippen molar-refractivity contribution in [1.29, 1.82) is 0 Å². The minimum atomic E-state index is -0.875. The van der Waals surface area contributed by atoms with Crippen molar-refractivity contribution >= 4 is 11.5 Å². The van der Waals surface area contributed by atoms with E-state index in [4.69, 9.17) is 23.7 Å². The molecule has 176 valence electrons. The molecule has 0 amide bonds. The standard InChI is InChI=1S/C5H13NO2.C5H12N.C5H12O3.C3H6O.2CH4/c1-6(2)5(7-3)8-4;1-5(2)6(3)4;1-5(6-2,7-3)8-4;1-3(2)4;;/h5H,1-4H3;1-4H3;1-4H3;1-2H3;2*1H4/q;+1;;;;. The first kappa shape index (κ1) is 41.5. The molecule has 0 aliphatic carbocycles. The van der Waals surface area contributed by atoms with Crippen LogP contribution in [0.5, 0.6) is 0 Å². The maximum absolute atomic E-state index is 9.44. The Kier molecular flexibility index (Phi) is 38.7. The van der Waals surface area contributed by atoms with Gasteiger partial charge in [-0.1, -0.05) is 14.9 Å². The third-order valence-corrected chi connectivity index (χ3v) is 2.83. The second-order valence-electron chi connectivity index (χ2n) is 5.97. The average Bonchev–Trinajstić information content (AvgIpc) is 2.55. The molecule has 0 heterocycles. The normalized spacial score (nSPS) is 9.29. The Balaban J connectivity index is -0.0000000579. The summed E-state index contributed by atoms with van der Waals surface area (Å²) in [4.78, 5) is 11.3. The molecule has 0 spiro atoms. The second kappa shape index (κ2) is 26.1. The molecule has 0 aromatic rings. The van der Waals surface area contributed by atoms with Crippen molar-refractivity contribution in [2.75, 3.05) is 63.7 Å². The van der Waals surface area contributed by atoms with Gasteiger partial charge in [-0.3, -0.25) is 4.90 Å². The lowest BCUT2D eigenvalue weighted by Gasteiger charge is -2.23. The first-order valence-corrected chi connectivity index (χ1v) is 8.10. The highest BCUT2D eigenvalue weighted by molar-refractivity contribution is 5.73. The maximum Gasteiger partial charge on any atom is 0.279 e. The van der Waals surface area contributed by atoms with Crippen molar-refractivity contribution in [2.24, 2.45) is 0 Å². The lowest BCUT2D eigenvalue weighted by molar-refractivity contribution is -0.465. The molecule has 0 rings (SSSR count). The van der Waals surface area contributed by atoms with Gasteiger partial charge in [-0.25, -0.2) is 4.58 Å². The number of nitrogens with zero attached hydrogens (tertiary/aromatic N) is 2. The maximum atomic E-state index is 9.44. The minimum Gasteiger partial charge on any atom is -0.343 e. The molecule has 0 fully saturated rings. The second-order valence-corrected chi connectivity index (χ2v) is 5.97. The monoisotopic (exact) mass is 415 g/mol. The Morgan fingerprint density at radius 1 is 0.821 bits per heavy atom. The van der Waals surface area contributed by atoms with E-state index in [1.807, 2.05) is 33.1 Å². The molecule has 0 aliphatic rings. The molecular formula is C20H51N2O6+. The van der Waals surface area contributed by atoms with Gasteiger partial charge in [0.15, 0.2) is 0 Å². The smallest absolute Gasteiger partial charge is 0.279 e. The summed E-state index contributed by atoms with van der Waals surface area (Å²) in [5.41, 5.74) is 1.34. The SMILES string of the molecule is C.C.CC(C)=O.CC(C)=[N+](C)C.COC(C)(OC)OC.COC(OC)N(C)C. The van der Waals surface area contributed by atoms with Gasteiger partial charge in [-0.2, -0.15) is 0 Å². The van der Waals surface area contributed by atoms with Crippen molar-refractivity contribution in [1.82, 2.24) is 4.90 Å². The topological polar surface area (TPSA) is 69.5 Å². The van der Waals surface area contributed by atoms with Gasteiger partial charge in [0.2, 0.25) is 6.41 Å². The van der Waals surface area contributed by atoms with Crippen LogP contribution in [0.2, 0.25) is 0 Å². The first-order valence-electron chi connectivity index (χ1n) is 8.10. The zero-order valence-corrected chi connectivity index (χ0v) is 19.4. The van der Waals surface area contributed by atoms with Gasteiger partial charge < -0.3 is 28.5 Å². The van der Waals surface area contributed by atoms with Gasteiger partial charge in [-0.05, 0) is 27.9 Å². The predicted octanol–water partition coefficient (Wildman–Crippen LogP) is 3.33. The van der Waals surface area contributed by atoms with E-state index in [1.54, 1.807) is 21.1 Å². The Morgan fingerprint density at radius 2 is 1.04 bits per heavy atom. The molecule has 0 aromatic carbocycles. The fourth-order valence-corrected chi connectivity index (χ4v) is 0.768. The van der Waals surface area contributed by atoms with Crippen molar-refractivity contribution in [3.05, 3.63) is 0 Å². The van der Waals surface area contributed by atoms with Crippen molar-refractivity contribution < 1.29 is 33.1 Å². The fourth-order valence-electron chi connectivity index (χ4n) is 0.768. The van der Waals surface area contributed by atoms with E-state index >= 15 is 0 Å². The number of carbonyl (C=O) groups excluding carboxylic acids is 1. The number of carbonyl (C=O) groups is 1. The Hall–Kier alpha value is -0.900. The molecule has 0 atom stereocenters. The summed E-state index contributed by atoms with van der Waals surface area (Å²) in [6.07, 6.45) is -0.213. The van der Waals surface area contributed by atoms with Crippen LogP contribution in [0.25, 0.3) is 0 Å². The van der Waals surface area contributed by atoms with Gasteiger partial charge in [-0.15, -0.1) is 0 Å². The van der Waals surface area contributed by atoms with Crippen LogP contribution >= 0.6 is 0 Å². The van der Waals surface area contributed by atoms with Crippen LogP contribution in [0.4, 0.5) is 0 Å². The lowest BCUT2D eigenvalue weighted by Crippen LogP contribution is -2.31. The molecule has 0 aromatic heterocycles. The Morgan fingerprint density at radius 3 is 1.04 bits per heavy atom. The molecular weight excluding hydrogens is 364 g/mol. The first-order chi connectivity index (χ1) is 11.8. The summed E-state index contributed by atoms with van der Waals surface area (Å²) in [6.45, 7) is 8.91. The molecule has 0 saturated carbocycles. The van der Waals surface area contributed by atoms with E-state index < -0.39 is 5.97 Å². The zero-order chi connectivity index (χ0) is 21.9. The zero-order valence-electron chi connectivity index (χ0n) is 19.4. The fraction of sp³-hybridized carbons (Fsp3) is 0.900. The van der Waals surface area contributed by atoms with Crippen molar-refractivity contribution in [3.63, 3.8) is 0 Å². The quantitative estimate of drug-likeness (QED) is 0.374. The van der Waals surface area contributed by atoms with Crippen LogP contribution in [-0.4, -0.2) is 97.1 Å². The summed E-state index contributed by atoms with van der Waals surface area (Å²) in [6, 6.07) is 0. The summed E-state index contributed by atoms with van der Waals surface area (Å²) < 4.78 is 26.2. The van der Waals surface area contributed by atoms with Crippen molar-refractivity contribution in [2.45, 2.75) is 61.9 Å². The number of Topliss-reactive ketones (excluding diaryl/α,β-unsaturated/α-hetero) is 1. The third kappa shape index (κ3) is 36.1. The van der Waals surface area contributed by atoms with Crippen LogP contribution in [0.1, 0.15) is 49.5 Å². The van der Waals surface area contributed by atoms with Crippen LogP contribution in [0.15, 0.2) is 0 Å². The Bertz CT molecular complexity index is 322. The van der Waals surface area contributed by atoms with E-state index in [9.17, 15) is 4.79 Å². The van der Waals surface area contributed by atoms with E-state index in [2.05, 4.69) is 18.4 Å². The molecule has 0 saturated heterocycles. The number of rotatable bonds is 6. The predicted molar refractivity (Wildman–Crippen MR) is 119 cm³/mol. The molecule has 0 aliphatic heterocycles. The van der Waals surface area contributed by atoms with E-state index in [0.29, 0.717) is 0 Å². The van der Waals surface area contributed by atoms with E-state index in [-0.39, 0.29) is 27.1 Å². The van der Waals surface area contributed by atoms with Gasteiger partial charge in [0.1, 0.15) is 25.6 Å². The number of hydrogen-bond acceptors (Lipinski definition) is 7. The van der Waals surface area contributed by atoms with E-state index in [1.165, 1.54) is 40.9 Å². The number of methoxy groups -OCH3 is 5. The third-order valence-electron chi connectivity index (χ3n) is 2.83. The summed E-state index contributed by atoms with van der Waals surface area (Å²) in [7, 11) is 15.6. The molecule has 0 bridgehead atoms. The van der Waals surface area contributed by atoms with Gasteiger partial charge in [0.25, 0.3) is 5.97 Å². The molecule has 8 nitrogen and oxygen atoms in total. The minimum absolute atomic E-state index is 0. The Labute approximate surface area is 175 Å². The number of ketones is 1. The summed E-state index contributed by atoms with van der Waals surface area (Å²) >= 11 is 0. The van der Waals surface area contributed by atoms with Gasteiger partial charge >= 0.3 is 0 Å². The highest BCUT2D eigenvalue weighted by Crippen LogP contribution is 2.08. The van der Waals surface area contributed by atoms with Crippen LogP contribution in [0.3, 0.4) is 0 Å². The van der Waals surface area contributed by atoms with Gasteiger partial charge in [0.05, 0.1) is 0 Å². The van der Waals surface area contributed by atoms with Crippen LogP contribution < -0.4 is 0 Å². The molecule has 28 heavy (non-hydrogen) atoms. The number of ether oxygens (including phenoxy) is 5. The largest absolute Gasteiger partial charge is 0.343 e. The molecule has 8 heteroatoms. The lowest BCUT2D eigenvalue weighted by atomic mass is 10.5. The molecule has 0 unspecified atom stereocenters. The highest BCUT2D eigenvalue weighted by atomic mass is 16.9. The van der Waals surface area contributed by atoms with Gasteiger partial charge in [0, 0.05) is 56.3 Å². The molecule has 0 N–H and O–H groups in total. The van der Waals surface area contributed by atoms with Crippen LogP contribution in [-0.2, 0) is 28.5 Å². The average molecular weight is 416 g/mol. The summed E-state index contributed by atoms with van der Waals surface area (Å²) in [5.74, 6) is -0.708. The number of hydrogen-bond donors (Lipinski definition) is 0. The summed E-state index contributed by atoms with van der Waals surface area (Å²) in [5, 5.41) is 0. The highest BCUT2D eigenvalue weighted by Gasteiger charge is 2.20. The van der Waals surface area contributed by atoms with Crippen molar-refractivity contribution in [3.8, 4) is 0 Å². The molecule has 0 radical (unpaired) electrons.